The van der Waals surface area contributed by atoms with Gasteiger partial charge in [0.25, 0.3) is 0 Å². The average Bonchev–Trinajstić information content (AvgIpc) is 3.12. The van der Waals surface area contributed by atoms with E-state index in [1.165, 1.54) is 19.1 Å². The predicted octanol–water partition coefficient (Wildman–Crippen LogP) is 2.38. The summed E-state index contributed by atoms with van der Waals surface area (Å²) in [6.07, 6.45) is -0.320. The van der Waals surface area contributed by atoms with Gasteiger partial charge in [0, 0.05) is 18.5 Å². The van der Waals surface area contributed by atoms with E-state index in [0.29, 0.717) is 23.4 Å². The van der Waals surface area contributed by atoms with Crippen LogP contribution in [0.5, 0.6) is 5.88 Å². The fraction of sp³-hybridized carbons (Fsp3) is 0.600. The van der Waals surface area contributed by atoms with Crippen molar-refractivity contribution in [3.8, 4) is 5.88 Å². The van der Waals surface area contributed by atoms with Crippen molar-refractivity contribution in [3.05, 3.63) is 22.8 Å². The first-order valence-corrected chi connectivity index (χ1v) is 10.3. The smallest absolute Gasteiger partial charge is 0.407 e. The molecule has 0 saturated carbocycles. The van der Waals surface area contributed by atoms with Gasteiger partial charge in [-0.25, -0.2) is 14.6 Å². The van der Waals surface area contributed by atoms with Gasteiger partial charge in [0.05, 0.1) is 20.8 Å². The van der Waals surface area contributed by atoms with E-state index in [1.54, 1.807) is 18.2 Å². The highest BCUT2D eigenvalue weighted by Crippen LogP contribution is 2.29. The van der Waals surface area contributed by atoms with Gasteiger partial charge in [-0.2, -0.15) is 0 Å². The Morgan fingerprint density at radius 2 is 1.97 bits per heavy atom. The monoisotopic (exact) mass is 485 g/mol. The minimum atomic E-state index is -0.872. The number of carbonyl (C=O) groups excluding carboxylic acids is 3. The molecule has 1 aliphatic rings. The first kappa shape index (κ1) is 23.9. The lowest BCUT2D eigenvalue weighted by Gasteiger charge is -2.34. The predicted molar refractivity (Wildman–Crippen MR) is 112 cm³/mol. The van der Waals surface area contributed by atoms with Crippen LogP contribution in [-0.4, -0.2) is 67.3 Å². The maximum absolute atomic E-state index is 13.3. The number of amides is 2. The second kappa shape index (κ2) is 10.1. The normalized spacial score (nSPS) is 19.7. The molecule has 3 unspecified atom stereocenters. The molecule has 2 heterocycles. The fourth-order valence-corrected chi connectivity index (χ4v) is 3.64. The van der Waals surface area contributed by atoms with E-state index >= 15 is 0 Å². The minimum absolute atomic E-state index is 0.0995. The largest absolute Gasteiger partial charge is 0.477 e. The zero-order valence-corrected chi connectivity index (χ0v) is 19.4. The molecule has 1 aliphatic heterocycles. The third-order valence-corrected chi connectivity index (χ3v) is 5.30. The van der Waals surface area contributed by atoms with E-state index < -0.39 is 29.6 Å². The number of esters is 1. The number of halogens is 1. The summed E-state index contributed by atoms with van der Waals surface area (Å²) in [7, 11) is 2.52. The van der Waals surface area contributed by atoms with E-state index in [2.05, 4.69) is 31.0 Å². The standard InChI is InChI=1S/C20H28BrN3O6/c1-20(2,3)16(23-19(27)29-5)17(25)24-10-12(9-13(24)18(26)28-4)11-30-15-8-6-7-14(21)22-15/h6-8,12-13,16H,9-11H2,1-5H3,(H,23,27). The molecule has 1 fully saturated rings. The lowest BCUT2D eigenvalue weighted by atomic mass is 9.85. The lowest BCUT2D eigenvalue weighted by molar-refractivity contribution is -0.152. The molecule has 0 bridgehead atoms. The van der Waals surface area contributed by atoms with Crippen LogP contribution in [0.15, 0.2) is 22.8 Å². The Morgan fingerprint density at radius 1 is 1.27 bits per heavy atom. The van der Waals surface area contributed by atoms with Crippen LogP contribution in [0.4, 0.5) is 4.79 Å². The Labute approximate surface area is 184 Å². The van der Waals surface area contributed by atoms with Crippen LogP contribution in [0.1, 0.15) is 27.2 Å². The topological polar surface area (TPSA) is 107 Å². The van der Waals surface area contributed by atoms with Crippen molar-refractivity contribution in [2.75, 3.05) is 27.4 Å². The number of hydrogen-bond acceptors (Lipinski definition) is 7. The summed E-state index contributed by atoms with van der Waals surface area (Å²) >= 11 is 3.29. The highest BCUT2D eigenvalue weighted by Gasteiger charge is 2.45. The van der Waals surface area contributed by atoms with Gasteiger partial charge >= 0.3 is 12.1 Å². The van der Waals surface area contributed by atoms with Gasteiger partial charge in [0.2, 0.25) is 11.8 Å². The number of pyridine rings is 1. The van der Waals surface area contributed by atoms with Crippen molar-refractivity contribution in [2.45, 2.75) is 39.3 Å². The summed E-state index contributed by atoms with van der Waals surface area (Å²) in [4.78, 5) is 43.1. The number of carbonyl (C=O) groups is 3. The Kier molecular flexibility index (Phi) is 8.05. The highest BCUT2D eigenvalue weighted by molar-refractivity contribution is 9.10. The molecule has 166 valence electrons. The van der Waals surface area contributed by atoms with Gasteiger partial charge in [0.15, 0.2) is 0 Å². The number of aromatic nitrogens is 1. The molecule has 1 aromatic heterocycles. The van der Waals surface area contributed by atoms with E-state index in [1.807, 2.05) is 20.8 Å². The summed E-state index contributed by atoms with van der Waals surface area (Å²) < 4.78 is 16.0. The zero-order valence-electron chi connectivity index (χ0n) is 17.8. The van der Waals surface area contributed by atoms with Crippen LogP contribution in [0.3, 0.4) is 0 Å². The maximum atomic E-state index is 13.3. The van der Waals surface area contributed by atoms with E-state index in [9.17, 15) is 14.4 Å². The summed E-state index contributed by atoms with van der Waals surface area (Å²) in [5, 5.41) is 2.59. The van der Waals surface area contributed by atoms with Gasteiger partial charge in [-0.3, -0.25) is 4.79 Å². The van der Waals surface area contributed by atoms with Crippen molar-refractivity contribution in [3.63, 3.8) is 0 Å². The van der Waals surface area contributed by atoms with Crippen molar-refractivity contribution >= 4 is 33.9 Å². The van der Waals surface area contributed by atoms with E-state index in [4.69, 9.17) is 9.47 Å². The van der Waals surface area contributed by atoms with Gasteiger partial charge in [-0.15, -0.1) is 0 Å². The van der Waals surface area contributed by atoms with Gasteiger partial charge < -0.3 is 24.4 Å². The number of rotatable bonds is 6. The van der Waals surface area contributed by atoms with Crippen molar-refractivity contribution in [1.82, 2.24) is 15.2 Å². The molecule has 2 amide bonds. The van der Waals surface area contributed by atoms with Gasteiger partial charge in [-0.05, 0) is 33.8 Å². The molecule has 0 aromatic carbocycles. The average molecular weight is 486 g/mol. The van der Waals surface area contributed by atoms with E-state index in [-0.39, 0.29) is 18.4 Å². The first-order chi connectivity index (χ1) is 14.1. The fourth-order valence-electron chi connectivity index (χ4n) is 3.31. The van der Waals surface area contributed by atoms with Crippen LogP contribution >= 0.6 is 15.9 Å². The molecule has 1 N–H and O–H groups in total. The summed E-state index contributed by atoms with van der Waals surface area (Å²) in [6.45, 7) is 6.06. The van der Waals surface area contributed by atoms with Crippen LogP contribution in [0, 0.1) is 11.3 Å². The highest BCUT2D eigenvalue weighted by atomic mass is 79.9. The molecule has 9 nitrogen and oxygen atoms in total. The first-order valence-electron chi connectivity index (χ1n) is 9.55. The van der Waals surface area contributed by atoms with Crippen molar-refractivity contribution in [1.29, 1.82) is 0 Å². The lowest BCUT2D eigenvalue weighted by Crippen LogP contribution is -2.56. The number of hydrogen-bond donors (Lipinski definition) is 1. The molecular formula is C20H28BrN3O6. The minimum Gasteiger partial charge on any atom is -0.477 e. The second-order valence-corrected chi connectivity index (χ2v) is 8.99. The molecule has 0 aliphatic carbocycles. The van der Waals surface area contributed by atoms with E-state index in [0.717, 1.165) is 0 Å². The molecule has 30 heavy (non-hydrogen) atoms. The number of ether oxygens (including phenoxy) is 3. The van der Waals surface area contributed by atoms with Crippen molar-refractivity contribution < 1.29 is 28.6 Å². The Morgan fingerprint density at radius 3 is 2.53 bits per heavy atom. The Bertz CT molecular complexity index is 782. The summed E-state index contributed by atoms with van der Waals surface area (Å²) in [6, 6.07) is 3.70. The molecular weight excluding hydrogens is 458 g/mol. The number of methoxy groups -OCH3 is 2. The number of likely N-dealkylation sites (tertiary alicyclic amines) is 1. The van der Waals surface area contributed by atoms with Crippen LogP contribution in [0.2, 0.25) is 0 Å². The second-order valence-electron chi connectivity index (χ2n) is 8.18. The summed E-state index contributed by atoms with van der Waals surface area (Å²) in [5.41, 5.74) is -0.596. The quantitative estimate of drug-likeness (QED) is 0.486. The Balaban J connectivity index is 2.17. The van der Waals surface area contributed by atoms with Crippen LogP contribution in [0.25, 0.3) is 0 Å². The van der Waals surface area contributed by atoms with Crippen LogP contribution in [-0.2, 0) is 19.1 Å². The third-order valence-electron chi connectivity index (χ3n) is 4.86. The number of alkyl carbamates (subject to hydrolysis) is 1. The number of nitrogens with zero attached hydrogens (tertiary/aromatic N) is 2. The van der Waals surface area contributed by atoms with Crippen molar-refractivity contribution in [2.24, 2.45) is 11.3 Å². The third kappa shape index (κ3) is 6.07. The van der Waals surface area contributed by atoms with Gasteiger partial charge in [0.1, 0.15) is 16.7 Å². The molecule has 2 rings (SSSR count). The molecule has 0 spiro atoms. The molecule has 10 heteroatoms. The van der Waals surface area contributed by atoms with Crippen LogP contribution < -0.4 is 10.1 Å². The molecule has 1 saturated heterocycles. The van der Waals surface area contributed by atoms with Gasteiger partial charge in [-0.1, -0.05) is 26.8 Å². The molecule has 1 aromatic rings. The molecule has 0 radical (unpaired) electrons. The summed E-state index contributed by atoms with van der Waals surface area (Å²) in [5.74, 6) is -0.523. The molecule has 3 atom stereocenters. The maximum Gasteiger partial charge on any atom is 0.407 e. The Hall–Kier alpha value is -2.36. The number of nitrogens with one attached hydrogen (secondary N) is 1. The SMILES string of the molecule is COC(=O)NC(C(=O)N1CC(COc2cccc(Br)n2)CC1C(=O)OC)C(C)(C)C. The zero-order chi connectivity index (χ0) is 22.5.